The van der Waals surface area contributed by atoms with Gasteiger partial charge in [0.15, 0.2) is 6.73 Å². The number of benzene rings is 1. The van der Waals surface area contributed by atoms with Crippen molar-refractivity contribution >= 4 is 28.6 Å². The third-order valence-electron chi connectivity index (χ3n) is 4.96. The van der Waals surface area contributed by atoms with E-state index in [-0.39, 0.29) is 12.6 Å². The van der Waals surface area contributed by atoms with Gasteiger partial charge in [-0.1, -0.05) is 18.7 Å². The number of ether oxygens (including phenoxy) is 1. The molecule has 0 spiro atoms. The normalized spacial score (nSPS) is 10.4. The average Bonchev–Trinajstić information content (AvgIpc) is 3.20. The van der Waals surface area contributed by atoms with Gasteiger partial charge in [-0.2, -0.15) is 5.26 Å². The summed E-state index contributed by atoms with van der Waals surface area (Å²) >= 11 is 0. The molecule has 0 bridgehead atoms. The molecule has 0 aliphatic carbocycles. The molecule has 8 heteroatoms. The topological polar surface area (TPSA) is 110 Å². The van der Waals surface area contributed by atoms with Crippen LogP contribution in [0.1, 0.15) is 12.6 Å². The van der Waals surface area contributed by atoms with Crippen LogP contribution in [-0.4, -0.2) is 26.4 Å². The highest BCUT2D eigenvalue weighted by Crippen LogP contribution is 2.33. The van der Waals surface area contributed by atoms with Crippen molar-refractivity contribution in [2.45, 2.75) is 13.7 Å². The Morgan fingerprint density at radius 3 is 2.79 bits per heavy atom. The van der Waals surface area contributed by atoms with E-state index in [4.69, 9.17) is 4.74 Å². The number of hydrogen-bond acceptors (Lipinski definition) is 6. The van der Waals surface area contributed by atoms with Crippen LogP contribution in [0.5, 0.6) is 0 Å². The van der Waals surface area contributed by atoms with Gasteiger partial charge in [-0.3, -0.25) is 14.2 Å². The maximum Gasteiger partial charge on any atom is 0.304 e. The number of aromatic nitrogens is 3. The number of pyridine rings is 2. The monoisotopic (exact) mass is 437 g/mol. The third kappa shape index (κ3) is 4.62. The number of fused-ring (bicyclic) bond motifs is 1. The minimum absolute atomic E-state index is 0.0113. The molecule has 33 heavy (non-hydrogen) atoms. The molecule has 0 aliphatic heterocycles. The second-order valence-corrected chi connectivity index (χ2v) is 7.19. The van der Waals surface area contributed by atoms with Crippen molar-refractivity contribution in [1.82, 2.24) is 14.5 Å². The fourth-order valence-corrected chi connectivity index (χ4v) is 3.45. The number of carbonyl (C=O) groups excluding carboxylic acids is 2. The third-order valence-corrected chi connectivity index (χ3v) is 4.96. The quantitative estimate of drug-likeness (QED) is 0.356. The number of carbonyl (C=O) groups is 2. The summed E-state index contributed by atoms with van der Waals surface area (Å²) in [6, 6.07) is 14.9. The number of nitrogens with one attached hydrogen (secondary N) is 1. The molecule has 0 unspecified atom stereocenters. The van der Waals surface area contributed by atoms with Crippen molar-refractivity contribution in [3.8, 4) is 28.3 Å². The Balaban J connectivity index is 1.84. The minimum Gasteiger partial charge on any atom is -0.444 e. The van der Waals surface area contributed by atoms with Crippen molar-refractivity contribution in [3.05, 3.63) is 79.4 Å². The molecule has 1 aromatic carbocycles. The Morgan fingerprint density at radius 2 is 2.03 bits per heavy atom. The molecule has 0 radical (unpaired) electrons. The number of nitrogens with zero attached hydrogens (tertiary/aromatic N) is 4. The number of amides is 1. The molecule has 0 saturated heterocycles. The highest BCUT2D eigenvalue weighted by atomic mass is 16.5. The molecule has 0 aliphatic rings. The van der Waals surface area contributed by atoms with Gasteiger partial charge in [0.2, 0.25) is 5.91 Å². The second kappa shape index (κ2) is 9.16. The summed E-state index contributed by atoms with van der Waals surface area (Å²) in [6.07, 6.45) is 6.34. The maximum atomic E-state index is 11.7. The van der Waals surface area contributed by atoms with Crippen molar-refractivity contribution in [3.63, 3.8) is 0 Å². The van der Waals surface area contributed by atoms with Crippen LogP contribution in [0.25, 0.3) is 33.3 Å². The van der Waals surface area contributed by atoms with E-state index in [0.717, 1.165) is 27.6 Å². The lowest BCUT2D eigenvalue weighted by atomic mass is 10.0. The molecule has 1 N–H and O–H groups in total. The zero-order valence-electron chi connectivity index (χ0n) is 17.8. The predicted octanol–water partition coefficient (Wildman–Crippen LogP) is 4.28. The number of anilines is 1. The van der Waals surface area contributed by atoms with Crippen LogP contribution >= 0.6 is 0 Å². The van der Waals surface area contributed by atoms with Crippen LogP contribution < -0.4 is 5.32 Å². The highest BCUT2D eigenvalue weighted by Gasteiger charge is 2.15. The van der Waals surface area contributed by atoms with Crippen molar-refractivity contribution in [2.75, 3.05) is 5.32 Å². The van der Waals surface area contributed by atoms with Crippen LogP contribution in [0.4, 0.5) is 5.69 Å². The molecule has 3 heterocycles. The summed E-state index contributed by atoms with van der Waals surface area (Å²) in [5.41, 5.74) is 4.86. The summed E-state index contributed by atoms with van der Waals surface area (Å²) < 4.78 is 6.92. The van der Waals surface area contributed by atoms with E-state index < -0.39 is 5.97 Å². The van der Waals surface area contributed by atoms with E-state index in [1.165, 1.54) is 13.0 Å². The van der Waals surface area contributed by atoms with E-state index in [0.29, 0.717) is 17.0 Å². The first-order valence-corrected chi connectivity index (χ1v) is 10.0. The fraction of sp³-hybridized carbons (Fsp3) is 0.0800. The average molecular weight is 437 g/mol. The summed E-state index contributed by atoms with van der Waals surface area (Å²) in [6.45, 7) is 4.83. The van der Waals surface area contributed by atoms with Gasteiger partial charge >= 0.3 is 5.97 Å². The van der Waals surface area contributed by atoms with E-state index in [1.54, 1.807) is 29.1 Å². The Morgan fingerprint density at radius 1 is 1.18 bits per heavy atom. The smallest absolute Gasteiger partial charge is 0.304 e. The number of nitriles is 1. The van der Waals surface area contributed by atoms with E-state index in [2.05, 4.69) is 27.9 Å². The van der Waals surface area contributed by atoms with Crippen molar-refractivity contribution < 1.29 is 14.3 Å². The van der Waals surface area contributed by atoms with Gasteiger partial charge in [-0.25, -0.2) is 9.97 Å². The molecular weight excluding hydrogens is 418 g/mol. The Labute approximate surface area is 189 Å². The van der Waals surface area contributed by atoms with Crippen LogP contribution in [0.2, 0.25) is 0 Å². The Hall–Kier alpha value is -4.77. The Bertz CT molecular complexity index is 1430. The lowest BCUT2D eigenvalue weighted by molar-refractivity contribution is -0.144. The fourth-order valence-electron chi connectivity index (χ4n) is 3.45. The first-order chi connectivity index (χ1) is 16.0. The van der Waals surface area contributed by atoms with Gasteiger partial charge in [-0.05, 0) is 47.5 Å². The SMILES string of the molecule is C=CC(=O)Nc1cccc(-c2cnc3c(c2)c(-c2ccnc(C#N)c2)cn3COC(C)=O)c1. The van der Waals surface area contributed by atoms with Gasteiger partial charge in [-0.15, -0.1) is 0 Å². The van der Waals surface area contributed by atoms with Crippen molar-refractivity contribution in [1.29, 1.82) is 5.26 Å². The summed E-state index contributed by atoms with van der Waals surface area (Å²) in [5, 5.41) is 12.8. The van der Waals surface area contributed by atoms with Gasteiger partial charge in [0.1, 0.15) is 17.4 Å². The van der Waals surface area contributed by atoms with Gasteiger partial charge in [0.25, 0.3) is 0 Å². The molecule has 0 fully saturated rings. The van der Waals surface area contributed by atoms with Crippen LogP contribution in [0.15, 0.2) is 73.7 Å². The molecule has 4 rings (SSSR count). The first-order valence-electron chi connectivity index (χ1n) is 10.0. The number of hydrogen-bond donors (Lipinski definition) is 1. The van der Waals surface area contributed by atoms with Gasteiger partial charge in [0, 0.05) is 47.7 Å². The highest BCUT2D eigenvalue weighted by molar-refractivity contribution is 6.00. The lowest BCUT2D eigenvalue weighted by Crippen LogP contribution is -2.07. The molecule has 8 nitrogen and oxygen atoms in total. The largest absolute Gasteiger partial charge is 0.444 e. The molecule has 3 aromatic heterocycles. The molecular formula is C25H19N5O3. The number of esters is 1. The lowest BCUT2D eigenvalue weighted by Gasteiger charge is -2.08. The zero-order chi connectivity index (χ0) is 23.4. The summed E-state index contributed by atoms with van der Waals surface area (Å²) in [7, 11) is 0. The van der Waals surface area contributed by atoms with E-state index in [9.17, 15) is 14.9 Å². The predicted molar refractivity (Wildman–Crippen MR) is 124 cm³/mol. The molecule has 0 saturated carbocycles. The minimum atomic E-state index is -0.399. The standard InChI is InChI=1S/C25H19N5O3/c1-3-24(32)29-20-6-4-5-17(9-20)19-11-22-23(18-7-8-27-21(10-18)12-26)14-30(15-33-16(2)31)25(22)28-13-19/h3-11,13-14H,1,15H2,2H3,(H,29,32). The first kappa shape index (κ1) is 21.5. The number of rotatable bonds is 6. The van der Waals surface area contributed by atoms with E-state index in [1.807, 2.05) is 36.5 Å². The summed E-state index contributed by atoms with van der Waals surface area (Å²) in [4.78, 5) is 31.7. The Kier molecular flexibility index (Phi) is 5.96. The van der Waals surface area contributed by atoms with Gasteiger partial charge < -0.3 is 10.1 Å². The molecule has 4 aromatic rings. The summed E-state index contributed by atoms with van der Waals surface area (Å²) in [5.74, 6) is -0.694. The molecule has 1 amide bonds. The molecule has 162 valence electrons. The molecule has 0 atom stereocenters. The van der Waals surface area contributed by atoms with Crippen LogP contribution in [0, 0.1) is 11.3 Å². The van der Waals surface area contributed by atoms with Crippen molar-refractivity contribution in [2.24, 2.45) is 0 Å². The van der Waals surface area contributed by atoms with Gasteiger partial charge in [0.05, 0.1) is 0 Å². The van der Waals surface area contributed by atoms with Crippen LogP contribution in [0.3, 0.4) is 0 Å². The van der Waals surface area contributed by atoms with Crippen LogP contribution in [-0.2, 0) is 21.1 Å². The zero-order valence-corrected chi connectivity index (χ0v) is 17.8. The second-order valence-electron chi connectivity index (χ2n) is 7.19. The maximum absolute atomic E-state index is 11.7. The van der Waals surface area contributed by atoms with E-state index >= 15 is 0 Å².